The van der Waals surface area contributed by atoms with Crippen molar-refractivity contribution in [1.82, 2.24) is 15.5 Å². The highest BCUT2D eigenvalue weighted by molar-refractivity contribution is 8.00. The molecule has 1 aromatic carbocycles. The van der Waals surface area contributed by atoms with E-state index < -0.39 is 0 Å². The summed E-state index contributed by atoms with van der Waals surface area (Å²) in [5.74, 6) is 0.527. The van der Waals surface area contributed by atoms with Gasteiger partial charge in [0.1, 0.15) is 0 Å². The number of rotatable bonds is 5. The first-order valence-corrected chi connectivity index (χ1v) is 9.37. The molecule has 6 heteroatoms. The van der Waals surface area contributed by atoms with Crippen LogP contribution in [0, 0.1) is 6.92 Å². The molecule has 2 aromatic rings. The number of benzene rings is 1. The molecule has 1 unspecified atom stereocenters. The van der Waals surface area contributed by atoms with Crippen molar-refractivity contribution < 1.29 is 9.21 Å². The molecule has 1 amide bonds. The number of hydrogen-bond donors (Lipinski definition) is 1. The first-order chi connectivity index (χ1) is 11.6. The molecule has 1 atom stereocenters. The Labute approximate surface area is 146 Å². The van der Waals surface area contributed by atoms with Gasteiger partial charge in [-0.05, 0) is 38.8 Å². The van der Waals surface area contributed by atoms with E-state index in [4.69, 9.17) is 4.42 Å². The van der Waals surface area contributed by atoms with Crippen molar-refractivity contribution >= 4 is 17.7 Å². The normalized spacial score (nSPS) is 16.8. The van der Waals surface area contributed by atoms with Crippen LogP contribution >= 0.6 is 11.8 Å². The second-order valence-corrected chi connectivity index (χ2v) is 7.63. The van der Waals surface area contributed by atoms with Gasteiger partial charge in [-0.3, -0.25) is 4.79 Å². The van der Waals surface area contributed by atoms with Crippen LogP contribution in [-0.2, 0) is 4.79 Å². The van der Waals surface area contributed by atoms with Crippen LogP contribution in [-0.4, -0.2) is 27.4 Å². The summed E-state index contributed by atoms with van der Waals surface area (Å²) in [6.07, 6.45) is 5.86. The average molecular weight is 345 g/mol. The van der Waals surface area contributed by atoms with Crippen molar-refractivity contribution in [2.45, 2.75) is 62.5 Å². The van der Waals surface area contributed by atoms with Crippen LogP contribution in [0.4, 0.5) is 0 Å². The zero-order valence-corrected chi connectivity index (χ0v) is 14.9. The van der Waals surface area contributed by atoms with Gasteiger partial charge in [-0.1, -0.05) is 48.7 Å². The first-order valence-electron chi connectivity index (χ1n) is 8.49. The number of carbonyl (C=O) groups excluding carboxylic acids is 1. The van der Waals surface area contributed by atoms with Crippen LogP contribution in [0.2, 0.25) is 0 Å². The second-order valence-electron chi connectivity index (χ2n) is 6.34. The van der Waals surface area contributed by atoms with E-state index in [-0.39, 0.29) is 11.2 Å². The van der Waals surface area contributed by atoms with E-state index in [1.165, 1.54) is 36.6 Å². The Bertz CT molecular complexity index is 678. The fraction of sp³-hybridized carbons (Fsp3) is 0.500. The molecule has 0 saturated heterocycles. The van der Waals surface area contributed by atoms with Crippen LogP contribution < -0.4 is 5.32 Å². The van der Waals surface area contributed by atoms with Crippen molar-refractivity contribution in [3.05, 3.63) is 29.8 Å². The minimum atomic E-state index is -0.252. The molecule has 1 heterocycles. The van der Waals surface area contributed by atoms with Gasteiger partial charge in [-0.25, -0.2) is 0 Å². The van der Waals surface area contributed by atoms with Crippen molar-refractivity contribution in [1.29, 1.82) is 0 Å². The van der Waals surface area contributed by atoms with E-state index >= 15 is 0 Å². The molecule has 1 aliphatic rings. The predicted molar refractivity (Wildman–Crippen MR) is 94.8 cm³/mol. The molecule has 0 spiro atoms. The van der Waals surface area contributed by atoms with E-state index in [9.17, 15) is 4.79 Å². The molecule has 24 heavy (non-hydrogen) atoms. The molecule has 1 aliphatic carbocycles. The largest absolute Gasteiger partial charge is 0.411 e. The maximum atomic E-state index is 12.3. The fourth-order valence-electron chi connectivity index (χ4n) is 2.84. The molecule has 1 saturated carbocycles. The van der Waals surface area contributed by atoms with Crippen LogP contribution in [0.1, 0.15) is 44.6 Å². The van der Waals surface area contributed by atoms with Crippen molar-refractivity contribution in [2.24, 2.45) is 0 Å². The number of nitrogens with zero attached hydrogens (tertiary/aromatic N) is 2. The third kappa shape index (κ3) is 4.38. The van der Waals surface area contributed by atoms with E-state index in [2.05, 4.69) is 15.5 Å². The Morgan fingerprint density at radius 1 is 1.21 bits per heavy atom. The SMILES string of the molecule is Cc1ccc(-c2nnc(SC(C)C(=O)NC3CCCCC3)o2)cc1. The van der Waals surface area contributed by atoms with Crippen LogP contribution in [0.5, 0.6) is 0 Å². The zero-order valence-electron chi connectivity index (χ0n) is 14.1. The molecular formula is C18H23N3O2S. The Balaban J connectivity index is 1.57. The van der Waals surface area contributed by atoms with Gasteiger partial charge in [-0.2, -0.15) is 0 Å². The number of hydrogen-bond acceptors (Lipinski definition) is 5. The van der Waals surface area contributed by atoms with Crippen molar-refractivity contribution in [2.75, 3.05) is 0 Å². The second kappa shape index (κ2) is 7.83. The highest BCUT2D eigenvalue weighted by atomic mass is 32.2. The molecule has 0 aliphatic heterocycles. The molecule has 0 bridgehead atoms. The summed E-state index contributed by atoms with van der Waals surface area (Å²) in [5.41, 5.74) is 2.07. The first kappa shape index (κ1) is 17.0. The fourth-order valence-corrected chi connectivity index (χ4v) is 3.53. The van der Waals surface area contributed by atoms with Gasteiger partial charge < -0.3 is 9.73 Å². The summed E-state index contributed by atoms with van der Waals surface area (Å²) in [6.45, 7) is 3.91. The topological polar surface area (TPSA) is 68.0 Å². The van der Waals surface area contributed by atoms with Crippen LogP contribution in [0.15, 0.2) is 33.9 Å². The van der Waals surface area contributed by atoms with Gasteiger partial charge in [0, 0.05) is 11.6 Å². The van der Waals surface area contributed by atoms with Gasteiger partial charge >= 0.3 is 0 Å². The quantitative estimate of drug-likeness (QED) is 0.830. The average Bonchev–Trinajstić information content (AvgIpc) is 3.05. The Hall–Kier alpha value is -1.82. The summed E-state index contributed by atoms with van der Waals surface area (Å²) < 4.78 is 5.68. The lowest BCUT2D eigenvalue weighted by Gasteiger charge is -2.23. The number of carbonyl (C=O) groups is 1. The summed E-state index contributed by atoms with van der Waals surface area (Å²) in [6, 6.07) is 8.24. The van der Waals surface area contributed by atoms with Gasteiger partial charge in [0.2, 0.25) is 11.8 Å². The number of thioether (sulfide) groups is 1. The van der Waals surface area contributed by atoms with Crippen molar-refractivity contribution in [3.8, 4) is 11.5 Å². The third-order valence-corrected chi connectivity index (χ3v) is 5.24. The number of nitrogens with one attached hydrogen (secondary N) is 1. The predicted octanol–water partition coefficient (Wildman–Crippen LogP) is 3.97. The molecule has 1 fully saturated rings. The third-order valence-electron chi connectivity index (χ3n) is 4.30. The van der Waals surface area contributed by atoms with E-state index in [0.717, 1.165) is 18.4 Å². The Kier molecular flexibility index (Phi) is 5.56. The van der Waals surface area contributed by atoms with E-state index in [0.29, 0.717) is 17.2 Å². The standard InChI is InChI=1S/C18H23N3O2S/c1-12-8-10-14(11-9-12)17-20-21-18(23-17)24-13(2)16(22)19-15-6-4-3-5-7-15/h8-11,13,15H,3-7H2,1-2H3,(H,19,22). The van der Waals surface area contributed by atoms with Crippen LogP contribution in [0.3, 0.4) is 0 Å². The van der Waals surface area contributed by atoms with Gasteiger partial charge in [0.25, 0.3) is 5.22 Å². The van der Waals surface area contributed by atoms with E-state index in [1.807, 2.05) is 38.1 Å². The smallest absolute Gasteiger partial charge is 0.277 e. The Morgan fingerprint density at radius 3 is 2.62 bits per heavy atom. The van der Waals surface area contributed by atoms with Crippen LogP contribution in [0.25, 0.3) is 11.5 Å². The minimum absolute atomic E-state index is 0.0435. The summed E-state index contributed by atoms with van der Waals surface area (Å²) in [7, 11) is 0. The monoisotopic (exact) mass is 345 g/mol. The lowest BCUT2D eigenvalue weighted by molar-refractivity contribution is -0.121. The molecule has 5 nitrogen and oxygen atoms in total. The molecule has 3 rings (SSSR count). The lowest BCUT2D eigenvalue weighted by Crippen LogP contribution is -2.40. The van der Waals surface area contributed by atoms with Gasteiger partial charge in [0.05, 0.1) is 5.25 Å². The minimum Gasteiger partial charge on any atom is -0.411 e. The molecule has 1 N–H and O–H groups in total. The molecule has 128 valence electrons. The van der Waals surface area contributed by atoms with Gasteiger partial charge in [0.15, 0.2) is 0 Å². The van der Waals surface area contributed by atoms with E-state index in [1.54, 1.807) is 0 Å². The molecule has 1 aromatic heterocycles. The van der Waals surface area contributed by atoms with Crippen molar-refractivity contribution in [3.63, 3.8) is 0 Å². The zero-order chi connectivity index (χ0) is 16.9. The number of aryl methyl sites for hydroxylation is 1. The summed E-state index contributed by atoms with van der Waals surface area (Å²) >= 11 is 1.31. The highest BCUT2D eigenvalue weighted by Crippen LogP contribution is 2.27. The maximum absolute atomic E-state index is 12.3. The summed E-state index contributed by atoms with van der Waals surface area (Å²) in [4.78, 5) is 12.3. The number of aromatic nitrogens is 2. The summed E-state index contributed by atoms with van der Waals surface area (Å²) in [5, 5.41) is 11.4. The maximum Gasteiger partial charge on any atom is 0.277 e. The Morgan fingerprint density at radius 2 is 1.92 bits per heavy atom. The van der Waals surface area contributed by atoms with Gasteiger partial charge in [-0.15, -0.1) is 10.2 Å². The lowest BCUT2D eigenvalue weighted by atomic mass is 9.95. The number of amides is 1. The molecule has 0 radical (unpaired) electrons. The highest BCUT2D eigenvalue weighted by Gasteiger charge is 2.22. The molecular weight excluding hydrogens is 322 g/mol.